The lowest BCUT2D eigenvalue weighted by Gasteiger charge is -2.25. The van der Waals surface area contributed by atoms with Gasteiger partial charge in [-0.25, -0.2) is 4.58 Å². The number of halogens is 1. The molecule has 2 aliphatic rings. The molecule has 1 aromatic heterocycles. The number of benzene rings is 4. The molecule has 7 heteroatoms. The Hall–Kier alpha value is -4.42. The number of nitrogens with zero attached hydrogens (tertiary/aromatic N) is 4. The van der Waals surface area contributed by atoms with Gasteiger partial charge in [0, 0.05) is 63.1 Å². The number of hydrogen-bond donors (Lipinski definition) is 0. The topological polar surface area (TPSA) is 58.3 Å². The Morgan fingerprint density at radius 1 is 0.727 bits per heavy atom. The highest BCUT2D eigenvalue weighted by atomic mass is 35.5. The van der Waals surface area contributed by atoms with Gasteiger partial charge in [-0.1, -0.05) is 29.8 Å². The van der Waals surface area contributed by atoms with Crippen LogP contribution in [0.3, 0.4) is 0 Å². The molecule has 0 bridgehead atoms. The molecule has 1 aliphatic heterocycles. The summed E-state index contributed by atoms with van der Waals surface area (Å²) in [5.74, 6) is 1.75. The molecule has 0 saturated carbocycles. The SMILES string of the molecule is CCN(CC)c1cc2oc3cc(=[N+](CC)CC)c(C)cc-3c(-c3ccccc3-c3nnc(-c4ccc(Cl)cc4)o3)c2cc1C. The fourth-order valence-corrected chi connectivity index (χ4v) is 6.33. The molecule has 0 unspecified atom stereocenters. The first-order chi connectivity index (χ1) is 21.4. The first kappa shape index (κ1) is 29.6. The summed E-state index contributed by atoms with van der Waals surface area (Å²) in [7, 11) is 0. The maximum Gasteiger partial charge on any atom is 0.248 e. The number of anilines is 1. The average molecular weight is 606 g/mol. The summed E-state index contributed by atoms with van der Waals surface area (Å²) in [5, 5.41) is 11.8. The molecule has 224 valence electrons. The molecule has 0 saturated heterocycles. The quantitative estimate of drug-likeness (QED) is 0.128. The van der Waals surface area contributed by atoms with Gasteiger partial charge in [0.05, 0.1) is 6.07 Å². The van der Waals surface area contributed by atoms with Gasteiger partial charge in [-0.2, -0.15) is 0 Å². The largest absolute Gasteiger partial charge is 0.456 e. The van der Waals surface area contributed by atoms with Gasteiger partial charge >= 0.3 is 0 Å². The average Bonchev–Trinajstić information content (AvgIpc) is 3.53. The molecular formula is C37H38ClN4O2+. The zero-order valence-electron chi connectivity index (χ0n) is 26.2. The number of hydrogen-bond acceptors (Lipinski definition) is 5. The van der Waals surface area contributed by atoms with Crippen LogP contribution >= 0.6 is 11.6 Å². The Bertz CT molecular complexity index is 2000. The van der Waals surface area contributed by atoms with Crippen LogP contribution in [-0.4, -0.2) is 36.4 Å². The summed E-state index contributed by atoms with van der Waals surface area (Å²) in [5.41, 5.74) is 9.26. The first-order valence-electron chi connectivity index (χ1n) is 15.4. The van der Waals surface area contributed by atoms with Crippen molar-refractivity contribution in [3.05, 3.63) is 94.3 Å². The Balaban J connectivity index is 1.66. The number of fused-ring (bicyclic) bond motifs is 2. The van der Waals surface area contributed by atoms with Crippen molar-refractivity contribution in [1.29, 1.82) is 0 Å². The van der Waals surface area contributed by atoms with E-state index in [1.54, 1.807) is 0 Å². The van der Waals surface area contributed by atoms with E-state index in [-0.39, 0.29) is 0 Å². The number of aromatic nitrogens is 2. The monoisotopic (exact) mass is 605 g/mol. The molecule has 44 heavy (non-hydrogen) atoms. The van der Waals surface area contributed by atoms with Crippen molar-refractivity contribution in [3.8, 4) is 45.4 Å². The van der Waals surface area contributed by atoms with Crippen LogP contribution < -0.4 is 14.8 Å². The van der Waals surface area contributed by atoms with Crippen LogP contribution in [0.15, 0.2) is 81.6 Å². The van der Waals surface area contributed by atoms with Gasteiger partial charge in [-0.3, -0.25) is 0 Å². The van der Waals surface area contributed by atoms with E-state index < -0.39 is 0 Å². The van der Waals surface area contributed by atoms with Crippen molar-refractivity contribution in [2.45, 2.75) is 41.5 Å². The van der Waals surface area contributed by atoms with Gasteiger partial charge in [0.2, 0.25) is 17.1 Å². The number of rotatable bonds is 8. The fourth-order valence-electron chi connectivity index (χ4n) is 6.21. The van der Waals surface area contributed by atoms with Gasteiger partial charge < -0.3 is 13.7 Å². The molecule has 0 N–H and O–H groups in total. The fraction of sp³-hybridized carbons (Fsp3) is 0.270. The summed E-state index contributed by atoms with van der Waals surface area (Å²) in [4.78, 5) is 2.37. The van der Waals surface area contributed by atoms with Gasteiger partial charge in [0.1, 0.15) is 24.4 Å². The second kappa shape index (κ2) is 12.3. The van der Waals surface area contributed by atoms with E-state index >= 15 is 0 Å². The summed E-state index contributed by atoms with van der Waals surface area (Å²) >= 11 is 6.11. The van der Waals surface area contributed by atoms with E-state index in [9.17, 15) is 0 Å². The maximum atomic E-state index is 6.78. The maximum absolute atomic E-state index is 6.78. The van der Waals surface area contributed by atoms with Gasteiger partial charge in [0.15, 0.2) is 0 Å². The van der Waals surface area contributed by atoms with Gasteiger partial charge in [0.25, 0.3) is 0 Å². The van der Waals surface area contributed by atoms with Crippen molar-refractivity contribution < 1.29 is 8.83 Å². The van der Waals surface area contributed by atoms with Crippen LogP contribution in [0.4, 0.5) is 5.69 Å². The van der Waals surface area contributed by atoms with Crippen LogP contribution in [0.5, 0.6) is 0 Å². The van der Waals surface area contributed by atoms with Crippen molar-refractivity contribution in [2.75, 3.05) is 31.1 Å². The Morgan fingerprint density at radius 3 is 2.09 bits per heavy atom. The van der Waals surface area contributed by atoms with Gasteiger partial charge in [-0.15, -0.1) is 10.2 Å². The molecule has 0 fully saturated rings. The highest BCUT2D eigenvalue weighted by molar-refractivity contribution is 6.30. The minimum absolute atomic E-state index is 0.448. The van der Waals surface area contributed by atoms with E-state index in [1.165, 1.54) is 22.2 Å². The zero-order chi connectivity index (χ0) is 31.0. The van der Waals surface area contributed by atoms with Crippen molar-refractivity contribution in [3.63, 3.8) is 0 Å². The molecule has 1 aliphatic carbocycles. The van der Waals surface area contributed by atoms with E-state index in [0.717, 1.165) is 70.7 Å². The third-order valence-electron chi connectivity index (χ3n) is 8.51. The molecule has 3 aromatic carbocycles. The smallest absolute Gasteiger partial charge is 0.248 e. The van der Waals surface area contributed by atoms with E-state index in [1.807, 2.05) is 36.4 Å². The lowest BCUT2D eigenvalue weighted by atomic mass is 9.89. The summed E-state index contributed by atoms with van der Waals surface area (Å²) in [6.07, 6.45) is 0. The summed E-state index contributed by atoms with van der Waals surface area (Å²) in [6, 6.07) is 24.6. The van der Waals surface area contributed by atoms with Crippen LogP contribution in [0.25, 0.3) is 56.3 Å². The molecule has 6 rings (SSSR count). The first-order valence-corrected chi connectivity index (χ1v) is 15.8. The van der Waals surface area contributed by atoms with Gasteiger partial charge in [-0.05, 0) is 95.1 Å². The van der Waals surface area contributed by atoms with E-state index in [4.69, 9.17) is 20.4 Å². The van der Waals surface area contributed by atoms with Crippen molar-refractivity contribution in [1.82, 2.24) is 14.8 Å². The minimum atomic E-state index is 0.448. The molecule has 4 aromatic rings. The number of aryl methyl sites for hydroxylation is 2. The molecular weight excluding hydrogens is 568 g/mol. The lowest BCUT2D eigenvalue weighted by molar-refractivity contribution is 0.584. The summed E-state index contributed by atoms with van der Waals surface area (Å²) in [6.45, 7) is 16.8. The third kappa shape index (κ3) is 5.28. The van der Waals surface area contributed by atoms with E-state index in [0.29, 0.717) is 16.8 Å². The lowest BCUT2D eigenvalue weighted by Crippen LogP contribution is -2.31. The molecule has 0 radical (unpaired) electrons. The summed E-state index contributed by atoms with van der Waals surface area (Å²) < 4.78 is 15.4. The van der Waals surface area contributed by atoms with Crippen LogP contribution in [0.1, 0.15) is 38.8 Å². The Labute approximate surface area is 263 Å². The molecule has 0 atom stereocenters. The van der Waals surface area contributed by atoms with E-state index in [2.05, 4.69) is 97.6 Å². The Morgan fingerprint density at radius 2 is 1.41 bits per heavy atom. The second-order valence-corrected chi connectivity index (χ2v) is 11.5. The molecule has 0 amide bonds. The predicted molar refractivity (Wildman–Crippen MR) is 181 cm³/mol. The second-order valence-electron chi connectivity index (χ2n) is 11.1. The van der Waals surface area contributed by atoms with Crippen LogP contribution in [0.2, 0.25) is 5.02 Å². The van der Waals surface area contributed by atoms with Crippen molar-refractivity contribution in [2.24, 2.45) is 0 Å². The van der Waals surface area contributed by atoms with Crippen molar-refractivity contribution >= 4 is 28.3 Å². The minimum Gasteiger partial charge on any atom is -0.456 e. The third-order valence-corrected chi connectivity index (χ3v) is 8.76. The molecule has 0 spiro atoms. The zero-order valence-corrected chi connectivity index (χ0v) is 27.0. The molecule has 6 nitrogen and oxygen atoms in total. The highest BCUT2D eigenvalue weighted by Gasteiger charge is 2.25. The standard InChI is InChI=1S/C37H38ClN4O2/c1-7-41(8-2)31-21-33-29(19-23(31)5)35(30-20-24(6)32(22-34(30)43-33)42(9-3)10-4)27-13-11-12-14-28(27)37-40-39-36(44-37)25-15-17-26(38)18-16-25/h11-22H,7-10H2,1-6H3/q+1. The highest BCUT2D eigenvalue weighted by Crippen LogP contribution is 2.45. The predicted octanol–water partition coefficient (Wildman–Crippen LogP) is 8.85. The normalized spacial score (nSPS) is 11.4. The van der Waals surface area contributed by atoms with Crippen LogP contribution in [-0.2, 0) is 0 Å². The molecule has 2 heterocycles. The Kier molecular flexibility index (Phi) is 8.28. The van der Waals surface area contributed by atoms with Crippen LogP contribution in [0, 0.1) is 13.8 Å².